The van der Waals surface area contributed by atoms with Crippen molar-refractivity contribution in [1.82, 2.24) is 5.16 Å². The number of carbonyl (C=O) groups is 2. The van der Waals surface area contributed by atoms with Gasteiger partial charge in [0.1, 0.15) is 0 Å². The Morgan fingerprint density at radius 3 is 2.59 bits per heavy atom. The van der Waals surface area contributed by atoms with Crippen LogP contribution in [0.4, 0.5) is 11.4 Å². The quantitative estimate of drug-likeness (QED) is 0.455. The molecule has 0 radical (unpaired) electrons. The molecule has 4 aromatic rings. The molecule has 32 heavy (non-hydrogen) atoms. The zero-order valence-corrected chi connectivity index (χ0v) is 17.7. The summed E-state index contributed by atoms with van der Waals surface area (Å²) >= 11 is 6.00. The van der Waals surface area contributed by atoms with Gasteiger partial charge < -0.3 is 14.7 Å². The van der Waals surface area contributed by atoms with Gasteiger partial charge in [0.25, 0.3) is 11.8 Å². The van der Waals surface area contributed by atoms with Gasteiger partial charge in [-0.25, -0.2) is 0 Å². The van der Waals surface area contributed by atoms with E-state index in [1.165, 1.54) is 5.56 Å². The van der Waals surface area contributed by atoms with Crippen LogP contribution in [0.3, 0.4) is 0 Å². The predicted octanol–water partition coefficient (Wildman–Crippen LogP) is 5.45. The number of para-hydroxylation sites is 1. The first-order valence-electron chi connectivity index (χ1n) is 10.1. The highest BCUT2D eigenvalue weighted by molar-refractivity contribution is 6.30. The number of nitrogens with zero attached hydrogens (tertiary/aromatic N) is 2. The fourth-order valence-corrected chi connectivity index (χ4v) is 3.95. The summed E-state index contributed by atoms with van der Waals surface area (Å²) in [7, 11) is 0. The second-order valence-electron chi connectivity index (χ2n) is 7.45. The van der Waals surface area contributed by atoms with E-state index in [-0.39, 0.29) is 11.6 Å². The van der Waals surface area contributed by atoms with Crippen molar-refractivity contribution >= 4 is 34.8 Å². The van der Waals surface area contributed by atoms with Gasteiger partial charge in [-0.05, 0) is 54.4 Å². The van der Waals surface area contributed by atoms with Gasteiger partial charge in [0.05, 0.1) is 0 Å². The van der Waals surface area contributed by atoms with E-state index in [1.54, 1.807) is 53.4 Å². The Balaban J connectivity index is 1.27. The number of rotatable bonds is 4. The van der Waals surface area contributed by atoms with Gasteiger partial charge in [0.15, 0.2) is 11.5 Å². The van der Waals surface area contributed by atoms with Crippen LogP contribution in [-0.2, 0) is 6.42 Å². The van der Waals surface area contributed by atoms with E-state index in [0.717, 1.165) is 17.7 Å². The van der Waals surface area contributed by atoms with Crippen LogP contribution >= 0.6 is 11.6 Å². The van der Waals surface area contributed by atoms with Gasteiger partial charge in [0.2, 0.25) is 0 Å². The fraction of sp³-hybridized carbons (Fsp3) is 0.0800. The number of hydrogen-bond acceptors (Lipinski definition) is 4. The van der Waals surface area contributed by atoms with E-state index in [1.807, 2.05) is 30.3 Å². The third-order valence-corrected chi connectivity index (χ3v) is 5.61. The molecule has 0 spiro atoms. The van der Waals surface area contributed by atoms with Crippen molar-refractivity contribution in [2.75, 3.05) is 16.8 Å². The molecular formula is C25H18ClN3O3. The summed E-state index contributed by atoms with van der Waals surface area (Å²) in [6.45, 7) is 0.664. The van der Waals surface area contributed by atoms with Gasteiger partial charge >= 0.3 is 0 Å². The molecular weight excluding hydrogens is 426 g/mol. The van der Waals surface area contributed by atoms with Crippen molar-refractivity contribution in [2.45, 2.75) is 6.42 Å². The van der Waals surface area contributed by atoms with Crippen molar-refractivity contribution in [2.24, 2.45) is 0 Å². The first-order valence-corrected chi connectivity index (χ1v) is 10.5. The number of benzene rings is 3. The van der Waals surface area contributed by atoms with Crippen molar-refractivity contribution in [3.05, 3.63) is 101 Å². The highest BCUT2D eigenvalue weighted by Gasteiger charge is 2.25. The number of amides is 2. The van der Waals surface area contributed by atoms with Crippen LogP contribution in [0.2, 0.25) is 5.02 Å². The zero-order chi connectivity index (χ0) is 22.1. The largest absolute Gasteiger partial charge is 0.355 e. The molecule has 158 valence electrons. The zero-order valence-electron chi connectivity index (χ0n) is 16.9. The van der Waals surface area contributed by atoms with Gasteiger partial charge in [-0.3, -0.25) is 9.59 Å². The summed E-state index contributed by atoms with van der Waals surface area (Å²) in [6, 6.07) is 23.4. The van der Waals surface area contributed by atoms with Gasteiger partial charge in [-0.2, -0.15) is 0 Å². The minimum Gasteiger partial charge on any atom is -0.355 e. The molecule has 1 N–H and O–H groups in total. The Morgan fingerprint density at radius 2 is 1.78 bits per heavy atom. The molecule has 2 amide bonds. The van der Waals surface area contributed by atoms with Gasteiger partial charge in [-0.15, -0.1) is 0 Å². The number of aromatic nitrogens is 1. The third kappa shape index (κ3) is 3.88. The summed E-state index contributed by atoms with van der Waals surface area (Å²) in [5.41, 5.74) is 4.13. The third-order valence-electron chi connectivity index (χ3n) is 5.37. The van der Waals surface area contributed by atoms with Crippen LogP contribution in [0, 0.1) is 0 Å². The summed E-state index contributed by atoms with van der Waals surface area (Å²) in [6.07, 6.45) is 0.852. The molecule has 2 heterocycles. The molecule has 3 aromatic carbocycles. The molecule has 1 aromatic heterocycles. The van der Waals surface area contributed by atoms with Crippen LogP contribution in [0.15, 0.2) is 83.4 Å². The second-order valence-corrected chi connectivity index (χ2v) is 7.89. The van der Waals surface area contributed by atoms with Crippen molar-refractivity contribution in [3.8, 4) is 11.3 Å². The molecule has 1 aliphatic heterocycles. The monoisotopic (exact) mass is 443 g/mol. The highest BCUT2D eigenvalue weighted by Crippen LogP contribution is 2.29. The van der Waals surface area contributed by atoms with Crippen LogP contribution in [-0.4, -0.2) is 23.5 Å². The average molecular weight is 444 g/mol. The van der Waals surface area contributed by atoms with Crippen molar-refractivity contribution in [1.29, 1.82) is 0 Å². The molecule has 7 heteroatoms. The molecule has 0 fully saturated rings. The molecule has 0 saturated carbocycles. The van der Waals surface area contributed by atoms with Gasteiger partial charge in [0, 0.05) is 40.1 Å². The van der Waals surface area contributed by atoms with E-state index < -0.39 is 5.91 Å². The normalized spacial score (nSPS) is 12.5. The number of halogens is 1. The lowest BCUT2D eigenvalue weighted by molar-refractivity contribution is 0.0987. The molecule has 0 unspecified atom stereocenters. The maximum Gasteiger partial charge on any atom is 0.277 e. The smallest absolute Gasteiger partial charge is 0.277 e. The second kappa shape index (κ2) is 8.32. The Hall–Kier alpha value is -3.90. The molecule has 0 aliphatic carbocycles. The Kier molecular flexibility index (Phi) is 5.21. The topological polar surface area (TPSA) is 75.4 Å². The fourth-order valence-electron chi connectivity index (χ4n) is 3.76. The number of carbonyl (C=O) groups excluding carboxylic acids is 2. The summed E-state index contributed by atoms with van der Waals surface area (Å²) in [5.74, 6) is -0.0189. The Labute approximate surface area is 189 Å². The van der Waals surface area contributed by atoms with E-state index in [0.29, 0.717) is 28.6 Å². The summed E-state index contributed by atoms with van der Waals surface area (Å²) < 4.78 is 5.28. The summed E-state index contributed by atoms with van der Waals surface area (Å²) in [4.78, 5) is 27.3. The Morgan fingerprint density at radius 1 is 0.969 bits per heavy atom. The molecule has 1 aliphatic rings. The average Bonchev–Trinajstić information content (AvgIpc) is 3.47. The molecule has 6 nitrogen and oxygen atoms in total. The maximum atomic E-state index is 12.9. The van der Waals surface area contributed by atoms with Crippen LogP contribution in [0.25, 0.3) is 11.3 Å². The van der Waals surface area contributed by atoms with E-state index in [2.05, 4.69) is 10.5 Å². The molecule has 5 rings (SSSR count). The lowest BCUT2D eigenvalue weighted by atomic mass is 10.1. The van der Waals surface area contributed by atoms with Crippen LogP contribution in [0.5, 0.6) is 0 Å². The summed E-state index contributed by atoms with van der Waals surface area (Å²) in [5, 5.41) is 7.19. The van der Waals surface area contributed by atoms with Crippen LogP contribution in [0.1, 0.15) is 26.4 Å². The lowest BCUT2D eigenvalue weighted by Gasteiger charge is -2.17. The molecule has 0 saturated heterocycles. The first-order chi connectivity index (χ1) is 15.6. The number of anilines is 2. The van der Waals surface area contributed by atoms with Crippen molar-refractivity contribution < 1.29 is 14.1 Å². The highest BCUT2D eigenvalue weighted by atomic mass is 35.5. The first kappa shape index (κ1) is 20.0. The minimum absolute atomic E-state index is 0.0597. The minimum atomic E-state index is -0.408. The SMILES string of the molecule is O=C(Nc1ccc(C(=O)N2CCc3ccccc32)cc1)c1cc(-c2cccc(Cl)c2)on1. The lowest BCUT2D eigenvalue weighted by Crippen LogP contribution is -2.28. The van der Waals surface area contributed by atoms with Gasteiger partial charge in [-0.1, -0.05) is 47.1 Å². The Bertz CT molecular complexity index is 1310. The van der Waals surface area contributed by atoms with E-state index in [9.17, 15) is 9.59 Å². The standard InChI is InChI=1S/C25H18ClN3O3/c26-19-6-3-5-18(14-19)23-15-21(28-32-23)24(30)27-20-10-8-17(9-11-20)25(31)29-13-12-16-4-1-2-7-22(16)29/h1-11,14-15H,12-13H2,(H,27,30). The maximum absolute atomic E-state index is 12.9. The van der Waals surface area contributed by atoms with Crippen molar-refractivity contribution in [3.63, 3.8) is 0 Å². The predicted molar refractivity (Wildman–Crippen MR) is 123 cm³/mol. The molecule has 0 atom stereocenters. The number of fused-ring (bicyclic) bond motifs is 1. The number of hydrogen-bond donors (Lipinski definition) is 1. The number of nitrogens with one attached hydrogen (secondary N) is 1. The molecule has 0 bridgehead atoms. The van der Waals surface area contributed by atoms with Crippen LogP contribution < -0.4 is 10.2 Å². The van der Waals surface area contributed by atoms with E-state index in [4.69, 9.17) is 16.1 Å². The van der Waals surface area contributed by atoms with E-state index >= 15 is 0 Å².